The first-order valence-electron chi connectivity index (χ1n) is 6.30. The zero-order valence-electron chi connectivity index (χ0n) is 12.2. The predicted octanol–water partition coefficient (Wildman–Crippen LogP) is 2.03. The van der Waals surface area contributed by atoms with E-state index in [1.54, 1.807) is 32.4 Å². The maximum Gasteiger partial charge on any atom is 0.251 e. The summed E-state index contributed by atoms with van der Waals surface area (Å²) < 4.78 is 15.6. The van der Waals surface area contributed by atoms with Crippen LogP contribution in [0.1, 0.15) is 17.3 Å². The minimum Gasteiger partial charge on any atom is -0.497 e. The van der Waals surface area contributed by atoms with Crippen LogP contribution in [0.5, 0.6) is 11.5 Å². The number of amides is 1. The van der Waals surface area contributed by atoms with E-state index in [4.69, 9.17) is 14.2 Å². The maximum absolute atomic E-state index is 12.0. The second kappa shape index (κ2) is 8.22. The molecule has 0 saturated heterocycles. The molecule has 110 valence electrons. The van der Waals surface area contributed by atoms with Crippen LogP contribution in [0.4, 0.5) is 0 Å². The highest BCUT2D eigenvalue weighted by molar-refractivity contribution is 5.95. The third kappa shape index (κ3) is 5.32. The second-order valence-electron chi connectivity index (χ2n) is 4.37. The van der Waals surface area contributed by atoms with Crippen LogP contribution < -0.4 is 14.8 Å². The molecule has 0 heterocycles. The van der Waals surface area contributed by atoms with E-state index in [0.29, 0.717) is 36.8 Å². The Morgan fingerprint density at radius 1 is 1.20 bits per heavy atom. The molecule has 5 heteroatoms. The predicted molar refractivity (Wildman–Crippen MR) is 77.5 cm³/mol. The van der Waals surface area contributed by atoms with Gasteiger partial charge in [0.05, 0.1) is 27.4 Å². The van der Waals surface area contributed by atoms with Gasteiger partial charge in [0.25, 0.3) is 5.91 Å². The topological polar surface area (TPSA) is 56.8 Å². The van der Waals surface area contributed by atoms with E-state index in [1.165, 1.54) is 0 Å². The fourth-order valence-corrected chi connectivity index (χ4v) is 1.52. The molecule has 1 amide bonds. The molecule has 0 unspecified atom stereocenters. The molecule has 0 aromatic heterocycles. The first-order valence-corrected chi connectivity index (χ1v) is 6.30. The molecule has 1 N–H and O–H groups in total. The van der Waals surface area contributed by atoms with Crippen molar-refractivity contribution in [2.75, 3.05) is 34.0 Å². The Kier molecular flexibility index (Phi) is 6.59. The molecule has 1 aromatic carbocycles. The van der Waals surface area contributed by atoms with E-state index >= 15 is 0 Å². The number of carbonyl (C=O) groups excluding carboxylic acids is 1. The lowest BCUT2D eigenvalue weighted by Crippen LogP contribution is -2.27. The molecular formula is C15H21NO4. The SMILES string of the molecule is C=C(C)COCCNC(=O)c1cc(OC)cc(OC)c1. The van der Waals surface area contributed by atoms with E-state index in [9.17, 15) is 4.79 Å². The van der Waals surface area contributed by atoms with Crippen molar-refractivity contribution in [3.05, 3.63) is 35.9 Å². The Balaban J connectivity index is 2.52. The summed E-state index contributed by atoms with van der Waals surface area (Å²) in [4.78, 5) is 12.0. The van der Waals surface area contributed by atoms with Crippen molar-refractivity contribution in [1.29, 1.82) is 0 Å². The number of ether oxygens (including phenoxy) is 3. The molecular weight excluding hydrogens is 258 g/mol. The molecule has 0 fully saturated rings. The maximum atomic E-state index is 12.0. The van der Waals surface area contributed by atoms with Gasteiger partial charge in [-0.2, -0.15) is 0 Å². The summed E-state index contributed by atoms with van der Waals surface area (Å²) in [6.45, 7) is 7.01. The lowest BCUT2D eigenvalue weighted by molar-refractivity contribution is 0.0926. The van der Waals surface area contributed by atoms with Crippen LogP contribution in [0.3, 0.4) is 0 Å². The summed E-state index contributed by atoms with van der Waals surface area (Å²) in [5, 5.41) is 2.77. The summed E-state index contributed by atoms with van der Waals surface area (Å²) in [7, 11) is 3.09. The number of nitrogens with one attached hydrogen (secondary N) is 1. The number of methoxy groups -OCH3 is 2. The average Bonchev–Trinajstić information content (AvgIpc) is 2.45. The highest BCUT2D eigenvalue weighted by atomic mass is 16.5. The first-order chi connectivity index (χ1) is 9.56. The first kappa shape index (κ1) is 16.0. The Morgan fingerprint density at radius 2 is 1.80 bits per heavy atom. The zero-order valence-corrected chi connectivity index (χ0v) is 12.2. The van der Waals surface area contributed by atoms with Gasteiger partial charge in [-0.15, -0.1) is 0 Å². The number of benzene rings is 1. The van der Waals surface area contributed by atoms with Gasteiger partial charge in [0, 0.05) is 18.2 Å². The molecule has 20 heavy (non-hydrogen) atoms. The molecule has 0 aliphatic rings. The zero-order chi connectivity index (χ0) is 15.0. The molecule has 5 nitrogen and oxygen atoms in total. The number of carbonyl (C=O) groups is 1. The van der Waals surface area contributed by atoms with Crippen molar-refractivity contribution >= 4 is 5.91 Å². The Labute approximate surface area is 119 Å². The van der Waals surface area contributed by atoms with E-state index in [2.05, 4.69) is 11.9 Å². The monoisotopic (exact) mass is 279 g/mol. The van der Waals surface area contributed by atoms with Crippen molar-refractivity contribution in [1.82, 2.24) is 5.32 Å². The van der Waals surface area contributed by atoms with E-state index in [0.717, 1.165) is 5.57 Å². The minimum absolute atomic E-state index is 0.193. The van der Waals surface area contributed by atoms with Gasteiger partial charge in [0.1, 0.15) is 11.5 Å². The molecule has 0 saturated carbocycles. The average molecular weight is 279 g/mol. The number of hydrogen-bond donors (Lipinski definition) is 1. The highest BCUT2D eigenvalue weighted by Crippen LogP contribution is 2.22. The molecule has 0 radical (unpaired) electrons. The van der Waals surface area contributed by atoms with Crippen LogP contribution in [0, 0.1) is 0 Å². The lowest BCUT2D eigenvalue weighted by atomic mass is 10.2. The minimum atomic E-state index is -0.193. The molecule has 1 aromatic rings. The fraction of sp³-hybridized carbons (Fsp3) is 0.400. The van der Waals surface area contributed by atoms with Crippen LogP contribution in [0.15, 0.2) is 30.4 Å². The molecule has 0 bridgehead atoms. The van der Waals surface area contributed by atoms with Gasteiger partial charge in [-0.25, -0.2) is 0 Å². The van der Waals surface area contributed by atoms with Crippen LogP contribution >= 0.6 is 0 Å². The summed E-state index contributed by atoms with van der Waals surface area (Å²) in [5.41, 5.74) is 1.44. The second-order valence-corrected chi connectivity index (χ2v) is 4.37. The summed E-state index contributed by atoms with van der Waals surface area (Å²) >= 11 is 0. The summed E-state index contributed by atoms with van der Waals surface area (Å²) in [5.74, 6) is 0.960. The number of rotatable bonds is 8. The fourth-order valence-electron chi connectivity index (χ4n) is 1.52. The van der Waals surface area contributed by atoms with Crippen LogP contribution in [0.2, 0.25) is 0 Å². The van der Waals surface area contributed by atoms with Crippen molar-refractivity contribution < 1.29 is 19.0 Å². The van der Waals surface area contributed by atoms with Crippen LogP contribution in [0.25, 0.3) is 0 Å². The van der Waals surface area contributed by atoms with Crippen LogP contribution in [-0.4, -0.2) is 39.9 Å². The molecule has 0 atom stereocenters. The molecule has 0 aliphatic heterocycles. The standard InChI is InChI=1S/C15H21NO4/c1-11(2)10-20-6-5-16-15(17)12-7-13(18-3)9-14(8-12)19-4/h7-9H,1,5-6,10H2,2-4H3,(H,16,17). The third-order valence-electron chi connectivity index (χ3n) is 2.49. The quantitative estimate of drug-likeness (QED) is 0.584. The Bertz CT molecular complexity index is 449. The normalized spacial score (nSPS) is 9.95. The van der Waals surface area contributed by atoms with Crippen molar-refractivity contribution in [2.45, 2.75) is 6.92 Å². The highest BCUT2D eigenvalue weighted by Gasteiger charge is 2.09. The summed E-state index contributed by atoms with van der Waals surface area (Å²) in [6, 6.07) is 5.03. The van der Waals surface area contributed by atoms with E-state index in [1.807, 2.05) is 6.92 Å². The largest absolute Gasteiger partial charge is 0.497 e. The van der Waals surface area contributed by atoms with E-state index < -0.39 is 0 Å². The summed E-state index contributed by atoms with van der Waals surface area (Å²) in [6.07, 6.45) is 0. The van der Waals surface area contributed by atoms with Crippen molar-refractivity contribution in [3.8, 4) is 11.5 Å². The van der Waals surface area contributed by atoms with Gasteiger partial charge in [-0.05, 0) is 19.1 Å². The molecule has 0 aliphatic carbocycles. The van der Waals surface area contributed by atoms with Gasteiger partial charge < -0.3 is 19.5 Å². The van der Waals surface area contributed by atoms with Gasteiger partial charge in [0.2, 0.25) is 0 Å². The van der Waals surface area contributed by atoms with Gasteiger partial charge in [-0.3, -0.25) is 4.79 Å². The lowest BCUT2D eigenvalue weighted by Gasteiger charge is -2.09. The van der Waals surface area contributed by atoms with Crippen molar-refractivity contribution in [2.24, 2.45) is 0 Å². The molecule has 1 rings (SSSR count). The Morgan fingerprint density at radius 3 is 2.30 bits per heavy atom. The van der Waals surface area contributed by atoms with Gasteiger partial charge >= 0.3 is 0 Å². The van der Waals surface area contributed by atoms with Gasteiger partial charge in [0.15, 0.2) is 0 Å². The number of hydrogen-bond acceptors (Lipinski definition) is 4. The van der Waals surface area contributed by atoms with Crippen molar-refractivity contribution in [3.63, 3.8) is 0 Å². The Hall–Kier alpha value is -2.01. The van der Waals surface area contributed by atoms with Crippen LogP contribution in [-0.2, 0) is 4.74 Å². The smallest absolute Gasteiger partial charge is 0.251 e. The van der Waals surface area contributed by atoms with Gasteiger partial charge in [-0.1, -0.05) is 12.2 Å². The molecule has 0 spiro atoms. The third-order valence-corrected chi connectivity index (χ3v) is 2.49. The van der Waals surface area contributed by atoms with E-state index in [-0.39, 0.29) is 5.91 Å².